The summed E-state index contributed by atoms with van der Waals surface area (Å²) in [5, 5.41) is 17.7. The fourth-order valence-electron chi connectivity index (χ4n) is 6.03. The fraction of sp³-hybridized carbons (Fsp3) is 0.400. The number of carbonyl (C=O) groups excluding carboxylic acids is 1. The molecule has 0 saturated carbocycles. The van der Waals surface area contributed by atoms with Crippen molar-refractivity contribution in [2.75, 3.05) is 44.7 Å². The molecule has 1 aromatic carbocycles. The van der Waals surface area contributed by atoms with E-state index >= 15 is 0 Å². The molecule has 1 N–H and O–H groups in total. The van der Waals surface area contributed by atoms with Crippen molar-refractivity contribution in [3.63, 3.8) is 0 Å². The molecular weight excluding hydrogens is 537 g/mol. The van der Waals surface area contributed by atoms with Crippen LogP contribution in [0.3, 0.4) is 0 Å². The number of carbonyl (C=O) groups is 1. The summed E-state index contributed by atoms with van der Waals surface area (Å²) in [4.78, 5) is 32.5. The van der Waals surface area contributed by atoms with Crippen LogP contribution in [0.15, 0.2) is 43.0 Å². The standard InChI is InChI=1S/C30H32FN9O2/c1-18-6-7-24-23(15-34-37-24)26(18)20-13-25-27(33-14-20)28(36-30(35-25)42-17-22-5-4-10-38(22)3)39-11-12-40(29(41)19(2)31)21(16-39)8-9-32/h6-7,13-15,21-22H,2,4-5,8,10-12,16-17H2,1,3H3,(H,34,37)/t21?,22-/m0/s1. The first-order valence-electron chi connectivity index (χ1n) is 14.0. The molecule has 5 heterocycles. The number of piperazine rings is 1. The van der Waals surface area contributed by atoms with Gasteiger partial charge in [0.05, 0.1) is 35.8 Å². The van der Waals surface area contributed by atoms with Gasteiger partial charge in [0, 0.05) is 42.8 Å². The van der Waals surface area contributed by atoms with Crippen LogP contribution in [0.1, 0.15) is 24.8 Å². The van der Waals surface area contributed by atoms with Crippen LogP contribution in [0, 0.1) is 18.3 Å². The predicted octanol–water partition coefficient (Wildman–Crippen LogP) is 3.76. The molecular formula is C30H32FN9O2. The van der Waals surface area contributed by atoms with Crippen LogP contribution in [0.25, 0.3) is 33.1 Å². The smallest absolute Gasteiger partial charge is 0.319 e. The van der Waals surface area contributed by atoms with E-state index in [9.17, 15) is 14.4 Å². The maximum Gasteiger partial charge on any atom is 0.319 e. The van der Waals surface area contributed by atoms with Crippen molar-refractivity contribution in [2.45, 2.75) is 38.3 Å². The van der Waals surface area contributed by atoms with Crippen LogP contribution in [0.2, 0.25) is 0 Å². The van der Waals surface area contributed by atoms with Gasteiger partial charge in [0.1, 0.15) is 12.1 Å². The number of aromatic nitrogens is 5. The molecule has 42 heavy (non-hydrogen) atoms. The number of anilines is 1. The number of ether oxygens (including phenoxy) is 1. The molecule has 2 saturated heterocycles. The van der Waals surface area contributed by atoms with E-state index in [1.54, 1.807) is 6.20 Å². The number of H-pyrrole nitrogens is 1. The van der Waals surface area contributed by atoms with Crippen molar-refractivity contribution >= 4 is 33.7 Å². The number of pyridine rings is 1. The van der Waals surface area contributed by atoms with Crippen LogP contribution >= 0.6 is 0 Å². The third-order valence-corrected chi connectivity index (χ3v) is 8.30. The number of hydrogen-bond acceptors (Lipinski definition) is 9. The predicted molar refractivity (Wildman–Crippen MR) is 156 cm³/mol. The highest BCUT2D eigenvalue weighted by molar-refractivity contribution is 5.98. The number of aryl methyl sites for hydroxylation is 1. The van der Waals surface area contributed by atoms with Crippen molar-refractivity contribution in [3.05, 3.63) is 48.6 Å². The number of halogens is 1. The van der Waals surface area contributed by atoms with Crippen molar-refractivity contribution in [3.8, 4) is 23.2 Å². The Balaban J connectivity index is 1.41. The Kier molecular flexibility index (Phi) is 7.43. The molecule has 216 valence electrons. The minimum atomic E-state index is -1.04. The van der Waals surface area contributed by atoms with Gasteiger partial charge >= 0.3 is 6.01 Å². The van der Waals surface area contributed by atoms with Gasteiger partial charge in [-0.05, 0) is 56.6 Å². The average Bonchev–Trinajstić information content (AvgIpc) is 3.63. The van der Waals surface area contributed by atoms with Crippen molar-refractivity contribution in [2.24, 2.45) is 0 Å². The summed E-state index contributed by atoms with van der Waals surface area (Å²) < 4.78 is 19.9. The Morgan fingerprint density at radius 2 is 2.10 bits per heavy atom. The van der Waals surface area contributed by atoms with Crippen LogP contribution in [-0.4, -0.2) is 92.8 Å². The molecule has 6 rings (SSSR count). The van der Waals surface area contributed by atoms with E-state index in [0.717, 1.165) is 47.0 Å². The van der Waals surface area contributed by atoms with E-state index in [2.05, 4.69) is 34.8 Å². The van der Waals surface area contributed by atoms with E-state index < -0.39 is 17.8 Å². The van der Waals surface area contributed by atoms with Gasteiger partial charge in [-0.2, -0.15) is 20.3 Å². The fourth-order valence-corrected chi connectivity index (χ4v) is 6.03. The SMILES string of the molecule is C=C(F)C(=O)N1CCN(c2nc(OC[C@@H]3CCCN3C)nc3cc(-c4c(C)ccc5[nH]ncc45)cnc23)CC1CC#N. The van der Waals surface area contributed by atoms with E-state index in [1.165, 1.54) is 4.90 Å². The molecule has 12 heteroatoms. The van der Waals surface area contributed by atoms with Gasteiger partial charge in [0.2, 0.25) is 0 Å². The van der Waals surface area contributed by atoms with Gasteiger partial charge in [-0.15, -0.1) is 0 Å². The van der Waals surface area contributed by atoms with Gasteiger partial charge in [0.25, 0.3) is 5.91 Å². The minimum Gasteiger partial charge on any atom is -0.462 e. The summed E-state index contributed by atoms with van der Waals surface area (Å²) in [5.74, 6) is -1.28. The van der Waals surface area contributed by atoms with E-state index in [1.807, 2.05) is 36.2 Å². The lowest BCUT2D eigenvalue weighted by Crippen LogP contribution is -2.55. The first-order chi connectivity index (χ1) is 20.3. The number of rotatable bonds is 7. The molecule has 3 aromatic heterocycles. The maximum atomic E-state index is 13.8. The maximum absolute atomic E-state index is 13.8. The van der Waals surface area contributed by atoms with Crippen LogP contribution in [-0.2, 0) is 4.79 Å². The monoisotopic (exact) mass is 569 g/mol. The largest absolute Gasteiger partial charge is 0.462 e. The Hall–Kier alpha value is -4.63. The van der Waals surface area contributed by atoms with E-state index in [-0.39, 0.29) is 31.6 Å². The number of nitriles is 1. The Morgan fingerprint density at radius 3 is 2.86 bits per heavy atom. The third kappa shape index (κ3) is 5.12. The van der Waals surface area contributed by atoms with Crippen LogP contribution in [0.4, 0.5) is 10.2 Å². The molecule has 0 aliphatic carbocycles. The molecule has 4 aromatic rings. The highest BCUT2D eigenvalue weighted by Crippen LogP contribution is 2.34. The quantitative estimate of drug-likeness (QED) is 0.331. The molecule has 1 amide bonds. The first kappa shape index (κ1) is 27.5. The van der Waals surface area contributed by atoms with Crippen LogP contribution < -0.4 is 9.64 Å². The van der Waals surface area contributed by atoms with Gasteiger partial charge in [-0.25, -0.2) is 4.39 Å². The Labute approximate surface area is 242 Å². The lowest BCUT2D eigenvalue weighted by molar-refractivity contribution is -0.131. The second kappa shape index (κ2) is 11.3. The number of fused-ring (bicyclic) bond motifs is 2. The zero-order valence-electron chi connectivity index (χ0n) is 23.7. The molecule has 2 fully saturated rings. The van der Waals surface area contributed by atoms with Crippen LogP contribution in [0.5, 0.6) is 6.01 Å². The molecule has 11 nitrogen and oxygen atoms in total. The summed E-state index contributed by atoms with van der Waals surface area (Å²) >= 11 is 0. The first-order valence-corrected chi connectivity index (χ1v) is 14.0. The second-order valence-electron chi connectivity index (χ2n) is 11.0. The number of likely N-dealkylation sites (N-methyl/N-ethyl adjacent to an activating group) is 1. The zero-order chi connectivity index (χ0) is 29.4. The minimum absolute atomic E-state index is 0.0431. The molecule has 0 radical (unpaired) electrons. The number of hydrogen-bond donors (Lipinski definition) is 1. The summed E-state index contributed by atoms with van der Waals surface area (Å²) in [6.45, 7) is 7.55. The Morgan fingerprint density at radius 1 is 1.24 bits per heavy atom. The molecule has 2 atom stereocenters. The zero-order valence-corrected chi connectivity index (χ0v) is 23.7. The molecule has 2 aliphatic heterocycles. The van der Waals surface area contributed by atoms with Gasteiger partial charge in [0.15, 0.2) is 11.6 Å². The number of amides is 1. The highest BCUT2D eigenvalue weighted by atomic mass is 19.1. The normalized spacial score (nSPS) is 19.4. The summed E-state index contributed by atoms with van der Waals surface area (Å²) in [6, 6.07) is 8.13. The summed E-state index contributed by atoms with van der Waals surface area (Å²) in [6.07, 6.45) is 5.82. The van der Waals surface area contributed by atoms with Gasteiger partial charge < -0.3 is 19.4 Å². The molecule has 2 aliphatic rings. The van der Waals surface area contributed by atoms with Crippen molar-refractivity contribution < 1.29 is 13.9 Å². The Bertz CT molecular complexity index is 1710. The lowest BCUT2D eigenvalue weighted by atomic mass is 9.98. The number of benzene rings is 1. The average molecular weight is 570 g/mol. The summed E-state index contributed by atoms with van der Waals surface area (Å²) in [5.41, 5.74) is 5.09. The van der Waals surface area contributed by atoms with E-state index in [0.29, 0.717) is 30.0 Å². The van der Waals surface area contributed by atoms with E-state index in [4.69, 9.17) is 19.7 Å². The number of likely N-dealkylation sites (tertiary alicyclic amines) is 1. The lowest BCUT2D eigenvalue weighted by Gasteiger charge is -2.41. The van der Waals surface area contributed by atoms with Crippen molar-refractivity contribution in [1.82, 2.24) is 34.9 Å². The molecule has 0 spiro atoms. The topological polar surface area (TPSA) is 127 Å². The van der Waals surface area contributed by atoms with Gasteiger partial charge in [-0.1, -0.05) is 12.6 Å². The number of aromatic amines is 1. The number of nitrogens with one attached hydrogen (secondary N) is 1. The number of nitrogens with zero attached hydrogens (tertiary/aromatic N) is 8. The summed E-state index contributed by atoms with van der Waals surface area (Å²) in [7, 11) is 2.09. The highest BCUT2D eigenvalue weighted by Gasteiger charge is 2.33. The van der Waals surface area contributed by atoms with Gasteiger partial charge in [-0.3, -0.25) is 14.9 Å². The second-order valence-corrected chi connectivity index (χ2v) is 11.0. The molecule has 0 bridgehead atoms. The molecule has 1 unspecified atom stereocenters. The van der Waals surface area contributed by atoms with Crippen molar-refractivity contribution in [1.29, 1.82) is 5.26 Å². The third-order valence-electron chi connectivity index (χ3n) is 8.30.